The highest BCUT2D eigenvalue weighted by molar-refractivity contribution is 9.10. The largest absolute Gasteiger partial charge is 0.437 e. The predicted molar refractivity (Wildman–Crippen MR) is 65.7 cm³/mol. The Kier molecular flexibility index (Phi) is 3.19. The third kappa shape index (κ3) is 2.58. The Bertz CT molecular complexity index is 514. The molecule has 0 aliphatic carbocycles. The van der Waals surface area contributed by atoms with Gasteiger partial charge in [-0.3, -0.25) is 0 Å². The normalized spacial score (nSPS) is 10.2. The molecule has 1 heterocycles. The van der Waals surface area contributed by atoms with Gasteiger partial charge in [0.05, 0.1) is 6.20 Å². The van der Waals surface area contributed by atoms with Crippen molar-refractivity contribution in [3.8, 4) is 11.6 Å². The first-order valence-corrected chi connectivity index (χ1v) is 5.68. The highest BCUT2D eigenvalue weighted by Gasteiger charge is 2.03. The lowest BCUT2D eigenvalue weighted by atomic mass is 10.2. The van der Waals surface area contributed by atoms with E-state index in [4.69, 9.17) is 4.74 Å². The number of benzene rings is 1. The molecule has 2 rings (SSSR count). The fourth-order valence-corrected chi connectivity index (χ4v) is 1.62. The third-order valence-electron chi connectivity index (χ3n) is 2.13. The maximum absolute atomic E-state index is 5.67. The molecule has 1 aromatic heterocycles. The Balaban J connectivity index is 2.30. The maximum Gasteiger partial charge on any atom is 0.239 e. The van der Waals surface area contributed by atoms with E-state index in [-0.39, 0.29) is 0 Å². The zero-order valence-electron chi connectivity index (χ0n) is 9.07. The van der Waals surface area contributed by atoms with E-state index >= 15 is 0 Å². The highest BCUT2D eigenvalue weighted by atomic mass is 79.9. The van der Waals surface area contributed by atoms with E-state index < -0.39 is 0 Å². The van der Waals surface area contributed by atoms with Crippen molar-refractivity contribution >= 4 is 15.9 Å². The van der Waals surface area contributed by atoms with Gasteiger partial charge >= 0.3 is 0 Å². The average Bonchev–Trinajstić information content (AvgIpc) is 2.24. The molecule has 16 heavy (non-hydrogen) atoms. The predicted octanol–water partition coefficient (Wildman–Crippen LogP) is 3.65. The van der Waals surface area contributed by atoms with Gasteiger partial charge in [-0.25, -0.2) is 0 Å². The standard InChI is InChI=1S/C12H11BrN2O/c1-8-5-12(15-14-7-8)16-11-6-10(13)4-3-9(11)2/h3-7H,1-2H3. The molecule has 0 spiro atoms. The fourth-order valence-electron chi connectivity index (χ4n) is 1.28. The minimum atomic E-state index is 0.515. The molecule has 0 aliphatic heterocycles. The number of hydrogen-bond acceptors (Lipinski definition) is 3. The molecule has 0 bridgehead atoms. The van der Waals surface area contributed by atoms with E-state index in [9.17, 15) is 0 Å². The first kappa shape index (κ1) is 11.1. The number of ether oxygens (including phenoxy) is 1. The number of rotatable bonds is 2. The van der Waals surface area contributed by atoms with Gasteiger partial charge in [0.2, 0.25) is 5.88 Å². The van der Waals surface area contributed by atoms with Crippen molar-refractivity contribution in [3.63, 3.8) is 0 Å². The van der Waals surface area contributed by atoms with Crippen LogP contribution in [0, 0.1) is 13.8 Å². The molecular formula is C12H11BrN2O. The van der Waals surface area contributed by atoms with Crippen LogP contribution in [0.1, 0.15) is 11.1 Å². The SMILES string of the molecule is Cc1cnnc(Oc2cc(Br)ccc2C)c1. The van der Waals surface area contributed by atoms with Crippen LogP contribution in [-0.4, -0.2) is 10.2 Å². The van der Waals surface area contributed by atoms with Crippen LogP contribution < -0.4 is 4.74 Å². The van der Waals surface area contributed by atoms with E-state index in [1.165, 1.54) is 0 Å². The van der Waals surface area contributed by atoms with Gasteiger partial charge in [0.25, 0.3) is 0 Å². The van der Waals surface area contributed by atoms with Gasteiger partial charge in [-0.2, -0.15) is 5.10 Å². The van der Waals surface area contributed by atoms with Gasteiger partial charge in [-0.15, -0.1) is 5.10 Å². The summed E-state index contributed by atoms with van der Waals surface area (Å²) in [5, 5.41) is 7.76. The summed E-state index contributed by atoms with van der Waals surface area (Å²) in [4.78, 5) is 0. The van der Waals surface area contributed by atoms with Crippen LogP contribution in [0.3, 0.4) is 0 Å². The molecular weight excluding hydrogens is 268 g/mol. The number of aromatic nitrogens is 2. The highest BCUT2D eigenvalue weighted by Crippen LogP contribution is 2.26. The second-order valence-electron chi connectivity index (χ2n) is 3.58. The van der Waals surface area contributed by atoms with Crippen LogP contribution in [0.15, 0.2) is 34.9 Å². The lowest BCUT2D eigenvalue weighted by Gasteiger charge is -2.07. The minimum absolute atomic E-state index is 0.515. The van der Waals surface area contributed by atoms with Crippen LogP contribution in [0.25, 0.3) is 0 Å². The lowest BCUT2D eigenvalue weighted by Crippen LogP contribution is -1.92. The second kappa shape index (κ2) is 4.61. The van der Waals surface area contributed by atoms with Gasteiger partial charge in [-0.05, 0) is 37.1 Å². The van der Waals surface area contributed by atoms with Crippen LogP contribution in [0.5, 0.6) is 11.6 Å². The van der Waals surface area contributed by atoms with Crippen molar-refractivity contribution in [2.24, 2.45) is 0 Å². The van der Waals surface area contributed by atoms with Crippen LogP contribution in [0.4, 0.5) is 0 Å². The Morgan fingerprint density at radius 3 is 2.75 bits per heavy atom. The van der Waals surface area contributed by atoms with Gasteiger partial charge in [-0.1, -0.05) is 22.0 Å². The average molecular weight is 279 g/mol. The molecule has 0 unspecified atom stereocenters. The van der Waals surface area contributed by atoms with E-state index in [0.29, 0.717) is 5.88 Å². The molecule has 0 saturated heterocycles. The second-order valence-corrected chi connectivity index (χ2v) is 4.50. The maximum atomic E-state index is 5.67. The molecule has 0 fully saturated rings. The van der Waals surface area contributed by atoms with Crippen molar-refractivity contribution < 1.29 is 4.74 Å². The van der Waals surface area contributed by atoms with Crippen molar-refractivity contribution in [2.75, 3.05) is 0 Å². The summed E-state index contributed by atoms with van der Waals surface area (Å²) >= 11 is 3.41. The molecule has 3 nitrogen and oxygen atoms in total. The van der Waals surface area contributed by atoms with E-state index in [0.717, 1.165) is 21.3 Å². The first-order valence-electron chi connectivity index (χ1n) is 4.88. The van der Waals surface area contributed by atoms with E-state index in [2.05, 4.69) is 26.1 Å². The Morgan fingerprint density at radius 2 is 2.00 bits per heavy atom. The minimum Gasteiger partial charge on any atom is -0.437 e. The topological polar surface area (TPSA) is 35.0 Å². The van der Waals surface area contributed by atoms with Crippen molar-refractivity contribution in [1.29, 1.82) is 0 Å². The quantitative estimate of drug-likeness (QED) is 0.841. The van der Waals surface area contributed by atoms with Crippen molar-refractivity contribution in [2.45, 2.75) is 13.8 Å². The fraction of sp³-hybridized carbons (Fsp3) is 0.167. The molecule has 0 atom stereocenters. The molecule has 0 N–H and O–H groups in total. The molecule has 82 valence electrons. The molecule has 4 heteroatoms. The summed E-state index contributed by atoms with van der Waals surface area (Å²) in [5.74, 6) is 1.30. The summed E-state index contributed by atoms with van der Waals surface area (Å²) in [6, 6.07) is 7.74. The van der Waals surface area contributed by atoms with E-state index in [1.54, 1.807) is 6.20 Å². The molecule has 0 radical (unpaired) electrons. The third-order valence-corrected chi connectivity index (χ3v) is 2.63. The number of halogens is 1. The molecule has 1 aromatic carbocycles. The molecule has 0 amide bonds. The van der Waals surface area contributed by atoms with Gasteiger partial charge < -0.3 is 4.74 Å². The zero-order chi connectivity index (χ0) is 11.5. The summed E-state index contributed by atoms with van der Waals surface area (Å²) in [7, 11) is 0. The van der Waals surface area contributed by atoms with Crippen LogP contribution in [-0.2, 0) is 0 Å². The molecule has 0 saturated carbocycles. The molecule has 2 aromatic rings. The Morgan fingerprint density at radius 1 is 1.19 bits per heavy atom. The monoisotopic (exact) mass is 278 g/mol. The summed E-state index contributed by atoms with van der Waals surface area (Å²) < 4.78 is 6.65. The van der Waals surface area contributed by atoms with Gasteiger partial charge in [0.15, 0.2) is 0 Å². The summed E-state index contributed by atoms with van der Waals surface area (Å²) in [6.45, 7) is 3.94. The van der Waals surface area contributed by atoms with Crippen LogP contribution in [0.2, 0.25) is 0 Å². The first-order chi connectivity index (χ1) is 7.65. The number of nitrogens with zero attached hydrogens (tertiary/aromatic N) is 2. The Hall–Kier alpha value is -1.42. The Labute approximate surface area is 103 Å². The van der Waals surface area contributed by atoms with Crippen molar-refractivity contribution in [3.05, 3.63) is 46.1 Å². The lowest BCUT2D eigenvalue weighted by molar-refractivity contribution is 0.451. The van der Waals surface area contributed by atoms with Crippen LogP contribution >= 0.6 is 15.9 Å². The van der Waals surface area contributed by atoms with Crippen molar-refractivity contribution in [1.82, 2.24) is 10.2 Å². The van der Waals surface area contributed by atoms with Gasteiger partial charge in [0, 0.05) is 10.5 Å². The number of aryl methyl sites for hydroxylation is 2. The smallest absolute Gasteiger partial charge is 0.239 e. The zero-order valence-corrected chi connectivity index (χ0v) is 10.7. The summed E-state index contributed by atoms with van der Waals surface area (Å²) in [5.41, 5.74) is 2.09. The summed E-state index contributed by atoms with van der Waals surface area (Å²) in [6.07, 6.45) is 1.70. The van der Waals surface area contributed by atoms with E-state index in [1.807, 2.05) is 38.1 Å². The van der Waals surface area contributed by atoms with Gasteiger partial charge in [0.1, 0.15) is 5.75 Å². The number of hydrogen-bond donors (Lipinski definition) is 0. The molecule has 0 aliphatic rings.